The van der Waals surface area contributed by atoms with E-state index in [2.05, 4.69) is 15.6 Å². The van der Waals surface area contributed by atoms with Crippen LogP contribution in [-0.4, -0.2) is 82.7 Å². The number of nitrogens with two attached hydrogens (primary N) is 1. The van der Waals surface area contributed by atoms with Gasteiger partial charge in [0, 0.05) is 49.3 Å². The van der Waals surface area contributed by atoms with Crippen molar-refractivity contribution in [3.63, 3.8) is 0 Å². The number of likely N-dealkylation sites (tertiary alicyclic amines) is 1. The first-order chi connectivity index (χ1) is 20.9. The van der Waals surface area contributed by atoms with Gasteiger partial charge in [0.1, 0.15) is 18.2 Å². The minimum Gasteiger partial charge on any atom is -0.444 e. The van der Waals surface area contributed by atoms with Crippen LogP contribution in [0.3, 0.4) is 0 Å². The maximum absolute atomic E-state index is 14.4. The lowest BCUT2D eigenvalue weighted by molar-refractivity contribution is -0.147. The lowest BCUT2D eigenvalue weighted by Crippen LogP contribution is -2.65. The monoisotopic (exact) mass is 603 g/mol. The van der Waals surface area contributed by atoms with Gasteiger partial charge in [0.25, 0.3) is 5.91 Å². The molecular formula is C32H41N7O5. The van der Waals surface area contributed by atoms with Gasteiger partial charge in [-0.25, -0.2) is 15.4 Å². The molecule has 1 fully saturated rings. The highest BCUT2D eigenvalue weighted by Crippen LogP contribution is 2.43. The van der Waals surface area contributed by atoms with E-state index in [4.69, 9.17) is 10.6 Å². The molecule has 2 aliphatic rings. The molecule has 5 amide bonds. The number of hydrazine groups is 1. The maximum atomic E-state index is 14.4. The Hall–Kier alpha value is -4.58. The highest BCUT2D eigenvalue weighted by atomic mass is 16.6. The van der Waals surface area contributed by atoms with Crippen molar-refractivity contribution in [3.05, 3.63) is 65.9 Å². The molecule has 3 heterocycles. The third kappa shape index (κ3) is 6.21. The number of nitrogens with one attached hydrogen (secondary N) is 3. The van der Waals surface area contributed by atoms with Gasteiger partial charge in [0.15, 0.2) is 0 Å². The van der Waals surface area contributed by atoms with E-state index in [0.29, 0.717) is 19.4 Å². The third-order valence-electron chi connectivity index (χ3n) is 8.29. The lowest BCUT2D eigenvalue weighted by Gasteiger charge is -2.46. The molecule has 2 atom stereocenters. The summed E-state index contributed by atoms with van der Waals surface area (Å²) < 4.78 is 5.24. The molecule has 2 aromatic carbocycles. The fourth-order valence-electron chi connectivity index (χ4n) is 6.38. The number of H-pyrrole nitrogens is 1. The number of carbonyl (C=O) groups excluding carboxylic acids is 4. The number of benzene rings is 2. The predicted octanol–water partition coefficient (Wildman–Crippen LogP) is 3.07. The Balaban J connectivity index is 1.41. The van der Waals surface area contributed by atoms with Gasteiger partial charge in [-0.1, -0.05) is 36.4 Å². The number of fused-ring (bicyclic) bond motifs is 2. The quantitative estimate of drug-likeness (QED) is 0.193. The van der Waals surface area contributed by atoms with Crippen LogP contribution in [0.1, 0.15) is 44.7 Å². The average Bonchev–Trinajstić information content (AvgIpc) is 3.54. The summed E-state index contributed by atoms with van der Waals surface area (Å²) in [6.07, 6.45) is 3.22. The highest BCUT2D eigenvalue weighted by molar-refractivity contribution is 5.97. The van der Waals surface area contributed by atoms with Crippen LogP contribution < -0.4 is 21.4 Å². The standard InChI is InChI=1S/C32H41N7O5/c1-31(2,3)44-30(43)36-19-27(40)39(33)26(16-22-18-35-24-12-7-6-11-23(22)24)28(41)37-15-9-14-32(20-37)17-21-10-5-8-13-25(21)38(32)29(42)34-4/h5-8,10-13,18,26,35H,9,14-17,19-20,33H2,1-4H3,(H,34,42)(H,36,43)/t26-,32?/m1/s1. The van der Waals surface area contributed by atoms with Crippen LogP contribution in [0.4, 0.5) is 15.3 Å². The van der Waals surface area contributed by atoms with Crippen molar-refractivity contribution in [2.75, 3.05) is 31.6 Å². The number of nitrogens with zero attached hydrogens (tertiary/aromatic N) is 3. The molecule has 3 aromatic rings. The normalized spacial score (nSPS) is 18.6. The number of aromatic amines is 1. The van der Waals surface area contributed by atoms with Gasteiger partial charge in [-0.2, -0.15) is 0 Å². The fourth-order valence-corrected chi connectivity index (χ4v) is 6.38. The molecule has 5 N–H and O–H groups in total. The van der Waals surface area contributed by atoms with Crippen LogP contribution in [0.25, 0.3) is 10.9 Å². The number of hydrogen-bond donors (Lipinski definition) is 4. The Labute approximate surface area is 256 Å². The van der Waals surface area contributed by atoms with Gasteiger partial charge < -0.3 is 25.3 Å². The second-order valence-corrected chi connectivity index (χ2v) is 12.5. The van der Waals surface area contributed by atoms with E-state index in [1.807, 2.05) is 54.7 Å². The van der Waals surface area contributed by atoms with Crippen molar-refractivity contribution in [1.82, 2.24) is 25.5 Å². The van der Waals surface area contributed by atoms with E-state index in [9.17, 15) is 19.2 Å². The summed E-state index contributed by atoms with van der Waals surface area (Å²) in [4.78, 5) is 59.9. The molecular weight excluding hydrogens is 562 g/mol. The smallest absolute Gasteiger partial charge is 0.408 e. The van der Waals surface area contributed by atoms with E-state index >= 15 is 0 Å². The Morgan fingerprint density at radius 1 is 1.11 bits per heavy atom. The number of alkyl carbamates (subject to hydrolysis) is 1. The Morgan fingerprint density at radius 2 is 1.84 bits per heavy atom. The summed E-state index contributed by atoms with van der Waals surface area (Å²) in [6.45, 7) is 5.47. The van der Waals surface area contributed by atoms with Crippen LogP contribution in [0, 0.1) is 0 Å². The largest absolute Gasteiger partial charge is 0.444 e. The second-order valence-electron chi connectivity index (χ2n) is 12.5. The summed E-state index contributed by atoms with van der Waals surface area (Å²) in [5.74, 6) is 5.45. The summed E-state index contributed by atoms with van der Waals surface area (Å²) in [7, 11) is 1.60. The number of rotatable bonds is 6. The van der Waals surface area contributed by atoms with Gasteiger partial charge in [-0.05, 0) is 63.3 Å². The van der Waals surface area contributed by atoms with Gasteiger partial charge in [0.05, 0.1) is 5.54 Å². The Morgan fingerprint density at radius 3 is 2.59 bits per heavy atom. The van der Waals surface area contributed by atoms with Gasteiger partial charge in [0.2, 0.25) is 5.91 Å². The number of anilines is 1. The number of urea groups is 1. The second kappa shape index (κ2) is 12.2. The van der Waals surface area contributed by atoms with Crippen LogP contribution in [0.2, 0.25) is 0 Å². The molecule has 1 unspecified atom stereocenters. The Kier molecular flexibility index (Phi) is 8.55. The van der Waals surface area contributed by atoms with Crippen molar-refractivity contribution in [2.45, 2.75) is 63.6 Å². The molecule has 44 heavy (non-hydrogen) atoms. The summed E-state index contributed by atoms with van der Waals surface area (Å²) >= 11 is 0. The molecule has 0 saturated carbocycles. The number of ether oxygens (including phenoxy) is 1. The summed E-state index contributed by atoms with van der Waals surface area (Å²) in [5.41, 5.74) is 2.23. The molecule has 0 bridgehead atoms. The van der Waals surface area contributed by atoms with E-state index in [0.717, 1.165) is 39.1 Å². The van der Waals surface area contributed by atoms with Crippen molar-refractivity contribution in [3.8, 4) is 0 Å². The zero-order chi connectivity index (χ0) is 31.6. The third-order valence-corrected chi connectivity index (χ3v) is 8.29. The van der Waals surface area contributed by atoms with Crippen LogP contribution in [-0.2, 0) is 27.2 Å². The van der Waals surface area contributed by atoms with E-state index in [-0.39, 0.29) is 24.9 Å². The zero-order valence-electron chi connectivity index (χ0n) is 25.7. The van der Waals surface area contributed by atoms with E-state index < -0.39 is 35.7 Å². The van der Waals surface area contributed by atoms with Crippen LogP contribution in [0.5, 0.6) is 0 Å². The summed E-state index contributed by atoms with van der Waals surface area (Å²) in [5, 5.41) is 7.05. The predicted molar refractivity (Wildman–Crippen MR) is 167 cm³/mol. The maximum Gasteiger partial charge on any atom is 0.408 e. The molecule has 234 valence electrons. The first-order valence-corrected chi connectivity index (χ1v) is 14.9. The topological polar surface area (TPSA) is 153 Å². The minimum absolute atomic E-state index is 0.153. The molecule has 2 aliphatic heterocycles. The molecule has 1 saturated heterocycles. The molecule has 1 spiro atoms. The van der Waals surface area contributed by atoms with Crippen LogP contribution in [0.15, 0.2) is 54.7 Å². The molecule has 5 rings (SSSR count). The molecule has 0 radical (unpaired) electrons. The van der Waals surface area contributed by atoms with Crippen LogP contribution >= 0.6 is 0 Å². The minimum atomic E-state index is -1.06. The number of aromatic nitrogens is 1. The van der Waals surface area contributed by atoms with Crippen molar-refractivity contribution in [2.24, 2.45) is 5.84 Å². The number of amides is 5. The molecule has 12 nitrogen and oxygen atoms in total. The van der Waals surface area contributed by atoms with Crippen molar-refractivity contribution >= 4 is 40.5 Å². The fraction of sp³-hybridized carbons (Fsp3) is 0.438. The Bertz CT molecular complexity index is 1560. The van der Waals surface area contributed by atoms with Crippen molar-refractivity contribution in [1.29, 1.82) is 0 Å². The first kappa shape index (κ1) is 30.9. The van der Waals surface area contributed by atoms with Gasteiger partial charge in [-0.15, -0.1) is 0 Å². The average molecular weight is 604 g/mol. The summed E-state index contributed by atoms with van der Waals surface area (Å²) in [6, 6.07) is 14.2. The first-order valence-electron chi connectivity index (χ1n) is 14.9. The number of para-hydroxylation sites is 2. The number of carbonyl (C=O) groups is 4. The SMILES string of the molecule is CNC(=O)N1c2ccccc2CC12CCCN(C(=O)[C@@H](Cc1c[nH]c3ccccc13)N(N)C(=O)CNC(=O)OC(C)(C)C)C2. The van der Waals surface area contributed by atoms with Crippen molar-refractivity contribution < 1.29 is 23.9 Å². The van der Waals surface area contributed by atoms with E-state index in [1.165, 1.54) is 0 Å². The number of piperidine rings is 1. The zero-order valence-corrected chi connectivity index (χ0v) is 25.7. The molecule has 0 aliphatic carbocycles. The van der Waals surface area contributed by atoms with Gasteiger partial charge >= 0.3 is 12.1 Å². The highest BCUT2D eigenvalue weighted by Gasteiger charge is 2.50. The van der Waals surface area contributed by atoms with E-state index in [1.54, 1.807) is 37.6 Å². The van der Waals surface area contributed by atoms with Gasteiger partial charge in [-0.3, -0.25) is 19.5 Å². The lowest BCUT2D eigenvalue weighted by atomic mass is 9.84. The number of hydrogen-bond acceptors (Lipinski definition) is 6. The molecule has 1 aromatic heterocycles. The molecule has 12 heteroatoms.